The van der Waals surface area contributed by atoms with E-state index in [9.17, 15) is 0 Å². The molecule has 0 bridgehead atoms. The summed E-state index contributed by atoms with van der Waals surface area (Å²) in [5.41, 5.74) is 2.01. The van der Waals surface area contributed by atoms with Crippen LogP contribution in [0.2, 0.25) is 0 Å². The molecule has 0 aliphatic carbocycles. The first-order valence-electron chi connectivity index (χ1n) is 6.33. The molecule has 1 atom stereocenters. The first-order chi connectivity index (χ1) is 8.27. The van der Waals surface area contributed by atoms with E-state index in [4.69, 9.17) is 4.98 Å². The van der Waals surface area contributed by atoms with E-state index in [2.05, 4.69) is 34.8 Å². The fraction of sp³-hybridized carbons (Fsp3) is 0.538. The molecule has 1 saturated heterocycles. The van der Waals surface area contributed by atoms with E-state index < -0.39 is 0 Å². The molecule has 17 heavy (non-hydrogen) atoms. The molecule has 4 nitrogen and oxygen atoms in total. The lowest BCUT2D eigenvalue weighted by atomic mass is 10.2. The second-order valence-corrected chi connectivity index (χ2v) is 4.93. The lowest BCUT2D eigenvalue weighted by molar-refractivity contribution is 0.517. The Bertz CT molecular complexity index is 523. The molecule has 3 rings (SSSR count). The molecule has 1 N–H and O–H groups in total. The van der Waals surface area contributed by atoms with Crippen LogP contribution in [-0.2, 0) is 0 Å². The van der Waals surface area contributed by atoms with Crippen LogP contribution >= 0.6 is 0 Å². The van der Waals surface area contributed by atoms with Gasteiger partial charge in [0.25, 0.3) is 0 Å². The van der Waals surface area contributed by atoms with Gasteiger partial charge in [-0.3, -0.25) is 0 Å². The topological polar surface area (TPSA) is 42.7 Å². The van der Waals surface area contributed by atoms with Crippen molar-refractivity contribution in [1.82, 2.24) is 19.9 Å². The highest BCUT2D eigenvalue weighted by atomic mass is 15.2. The molecule has 1 fully saturated rings. The molecule has 4 heteroatoms. The Kier molecular flexibility index (Phi) is 2.59. The molecular formula is C13H18N4. The molecule has 90 valence electrons. The maximum atomic E-state index is 4.71. The third-order valence-corrected chi connectivity index (χ3v) is 3.38. The van der Waals surface area contributed by atoms with E-state index in [1.165, 1.54) is 12.8 Å². The molecule has 2 aromatic rings. The van der Waals surface area contributed by atoms with Crippen molar-refractivity contribution in [2.45, 2.75) is 38.8 Å². The van der Waals surface area contributed by atoms with Crippen molar-refractivity contribution in [3.05, 3.63) is 24.2 Å². The highest BCUT2D eigenvalue weighted by Gasteiger charge is 2.24. The van der Waals surface area contributed by atoms with Crippen LogP contribution < -0.4 is 5.32 Å². The van der Waals surface area contributed by atoms with E-state index in [0.717, 1.165) is 23.5 Å². The summed E-state index contributed by atoms with van der Waals surface area (Å²) in [6.07, 6.45) is 4.22. The molecule has 0 aromatic carbocycles. The number of aromatic nitrogens is 3. The van der Waals surface area contributed by atoms with Gasteiger partial charge in [-0.1, -0.05) is 0 Å². The van der Waals surface area contributed by atoms with Crippen LogP contribution in [-0.4, -0.2) is 21.1 Å². The van der Waals surface area contributed by atoms with Crippen LogP contribution in [0.3, 0.4) is 0 Å². The molecular weight excluding hydrogens is 212 g/mol. The van der Waals surface area contributed by atoms with E-state index in [1.807, 2.05) is 12.3 Å². The Morgan fingerprint density at radius 3 is 3.06 bits per heavy atom. The normalized spacial score (nSPS) is 20.5. The van der Waals surface area contributed by atoms with Crippen molar-refractivity contribution in [3.63, 3.8) is 0 Å². The predicted molar refractivity (Wildman–Crippen MR) is 67.9 cm³/mol. The van der Waals surface area contributed by atoms with Crippen molar-refractivity contribution in [2.24, 2.45) is 0 Å². The average Bonchev–Trinajstić information content (AvgIpc) is 2.95. The molecule has 2 aromatic heterocycles. The first-order valence-corrected chi connectivity index (χ1v) is 6.33. The Labute approximate surface area is 101 Å². The fourth-order valence-electron chi connectivity index (χ4n) is 2.64. The third kappa shape index (κ3) is 1.72. The molecule has 0 spiro atoms. The number of nitrogens with one attached hydrogen (secondary N) is 1. The van der Waals surface area contributed by atoms with E-state index in [0.29, 0.717) is 12.1 Å². The van der Waals surface area contributed by atoms with Gasteiger partial charge in [-0.05, 0) is 45.4 Å². The molecule has 3 heterocycles. The van der Waals surface area contributed by atoms with Crippen LogP contribution in [0.5, 0.6) is 0 Å². The third-order valence-electron chi connectivity index (χ3n) is 3.38. The van der Waals surface area contributed by atoms with Gasteiger partial charge in [0.1, 0.15) is 5.82 Å². The zero-order chi connectivity index (χ0) is 11.8. The number of fused-ring (bicyclic) bond motifs is 1. The SMILES string of the molecule is CC(C)n1c([C@@H]2CCCN2)nc2ncccc21. The summed E-state index contributed by atoms with van der Waals surface area (Å²) in [6, 6.07) is 4.90. The Hall–Kier alpha value is -1.42. The van der Waals surface area contributed by atoms with Gasteiger partial charge in [0, 0.05) is 12.2 Å². The van der Waals surface area contributed by atoms with Crippen molar-refractivity contribution in [1.29, 1.82) is 0 Å². The van der Waals surface area contributed by atoms with Gasteiger partial charge >= 0.3 is 0 Å². The number of imidazole rings is 1. The lowest BCUT2D eigenvalue weighted by Gasteiger charge is -2.16. The zero-order valence-electron chi connectivity index (χ0n) is 10.3. The number of pyridine rings is 1. The van der Waals surface area contributed by atoms with Gasteiger partial charge in [-0.15, -0.1) is 0 Å². The minimum atomic E-state index is 0.395. The van der Waals surface area contributed by atoms with E-state index in [1.54, 1.807) is 0 Å². The zero-order valence-corrected chi connectivity index (χ0v) is 10.3. The van der Waals surface area contributed by atoms with Gasteiger partial charge < -0.3 is 9.88 Å². The first kappa shape index (κ1) is 10.7. The highest BCUT2D eigenvalue weighted by molar-refractivity contribution is 5.71. The Morgan fingerprint density at radius 2 is 2.35 bits per heavy atom. The van der Waals surface area contributed by atoms with E-state index >= 15 is 0 Å². The van der Waals surface area contributed by atoms with Gasteiger partial charge in [-0.25, -0.2) is 9.97 Å². The predicted octanol–water partition coefficient (Wildman–Crippen LogP) is 2.44. The van der Waals surface area contributed by atoms with Gasteiger partial charge in [0.2, 0.25) is 0 Å². The molecule has 0 radical (unpaired) electrons. The number of nitrogens with zero attached hydrogens (tertiary/aromatic N) is 3. The largest absolute Gasteiger partial charge is 0.323 e. The van der Waals surface area contributed by atoms with E-state index in [-0.39, 0.29) is 0 Å². The Morgan fingerprint density at radius 1 is 1.47 bits per heavy atom. The van der Waals surface area contributed by atoms with Crippen molar-refractivity contribution < 1.29 is 0 Å². The molecule has 1 aliphatic rings. The highest BCUT2D eigenvalue weighted by Crippen LogP contribution is 2.28. The molecule has 0 amide bonds. The molecule has 1 aliphatic heterocycles. The lowest BCUT2D eigenvalue weighted by Crippen LogP contribution is -2.19. The standard InChI is InChI=1S/C13H18N4/c1-9(2)17-11-6-4-8-15-12(11)16-13(17)10-5-3-7-14-10/h4,6,8-10,14H,3,5,7H2,1-2H3/t10-/m0/s1. The van der Waals surface area contributed by atoms with Gasteiger partial charge in [0.05, 0.1) is 11.6 Å². The summed E-state index contributed by atoms with van der Waals surface area (Å²) in [5.74, 6) is 1.14. The quantitative estimate of drug-likeness (QED) is 0.861. The summed E-state index contributed by atoms with van der Waals surface area (Å²) in [6.45, 7) is 5.50. The second-order valence-electron chi connectivity index (χ2n) is 4.93. The Balaban J connectivity index is 2.18. The second kappa shape index (κ2) is 4.11. The van der Waals surface area contributed by atoms with Crippen LogP contribution in [0.1, 0.15) is 44.6 Å². The maximum Gasteiger partial charge on any atom is 0.177 e. The van der Waals surface area contributed by atoms with Crippen molar-refractivity contribution in [3.8, 4) is 0 Å². The summed E-state index contributed by atoms with van der Waals surface area (Å²) < 4.78 is 2.31. The summed E-state index contributed by atoms with van der Waals surface area (Å²) in [4.78, 5) is 9.06. The average molecular weight is 230 g/mol. The smallest absolute Gasteiger partial charge is 0.177 e. The minimum Gasteiger partial charge on any atom is -0.323 e. The summed E-state index contributed by atoms with van der Waals surface area (Å²) in [7, 11) is 0. The van der Waals surface area contributed by atoms with Crippen LogP contribution in [0.25, 0.3) is 11.2 Å². The van der Waals surface area contributed by atoms with Crippen LogP contribution in [0.4, 0.5) is 0 Å². The van der Waals surface area contributed by atoms with Crippen LogP contribution in [0.15, 0.2) is 18.3 Å². The number of rotatable bonds is 2. The van der Waals surface area contributed by atoms with Crippen molar-refractivity contribution >= 4 is 11.2 Å². The minimum absolute atomic E-state index is 0.395. The van der Waals surface area contributed by atoms with Gasteiger partial charge in [-0.2, -0.15) is 0 Å². The summed E-state index contributed by atoms with van der Waals surface area (Å²) in [5, 5.41) is 3.52. The monoisotopic (exact) mass is 230 g/mol. The van der Waals surface area contributed by atoms with Gasteiger partial charge in [0.15, 0.2) is 5.65 Å². The molecule has 0 unspecified atom stereocenters. The van der Waals surface area contributed by atoms with Crippen LogP contribution in [0, 0.1) is 0 Å². The fourth-order valence-corrected chi connectivity index (χ4v) is 2.64. The van der Waals surface area contributed by atoms with Crippen molar-refractivity contribution in [2.75, 3.05) is 6.54 Å². The molecule has 0 saturated carbocycles. The number of hydrogen-bond donors (Lipinski definition) is 1. The summed E-state index contributed by atoms with van der Waals surface area (Å²) >= 11 is 0. The maximum absolute atomic E-state index is 4.71. The number of hydrogen-bond acceptors (Lipinski definition) is 3.